The molecule has 5 aromatic heterocycles. The normalized spacial score (nSPS) is 12.4. The van der Waals surface area contributed by atoms with Crippen molar-refractivity contribution in [3.05, 3.63) is 188 Å². The van der Waals surface area contributed by atoms with Crippen molar-refractivity contribution in [2.45, 2.75) is 0 Å². The molecule has 0 bridgehead atoms. The van der Waals surface area contributed by atoms with E-state index in [2.05, 4.69) is 202 Å². The van der Waals surface area contributed by atoms with Crippen molar-refractivity contribution in [1.29, 1.82) is 0 Å². The number of benzene rings is 9. The van der Waals surface area contributed by atoms with Gasteiger partial charge in [-0.05, 0) is 59.3 Å². The van der Waals surface area contributed by atoms with Crippen LogP contribution < -0.4 is 0 Å². The van der Waals surface area contributed by atoms with Crippen molar-refractivity contribution in [2.24, 2.45) is 0 Å². The van der Waals surface area contributed by atoms with Gasteiger partial charge in [0.05, 0.1) is 38.6 Å². The summed E-state index contributed by atoms with van der Waals surface area (Å²) in [7, 11) is 0. The Balaban J connectivity index is 1.11. The number of hydrogen-bond acceptors (Lipinski definition) is 2. The third-order valence-corrected chi connectivity index (χ3v) is 12.8. The van der Waals surface area contributed by atoms with Gasteiger partial charge in [0.2, 0.25) is 0 Å². The molecular weight excluding hydrogens is 719 g/mol. The predicted molar refractivity (Wildman–Crippen MR) is 246 cm³/mol. The highest BCUT2D eigenvalue weighted by Crippen LogP contribution is 2.48. The average Bonchev–Trinajstić information content (AvgIpc) is 4.03. The number of nitrogens with zero attached hydrogens (tertiary/aromatic N) is 5. The highest BCUT2D eigenvalue weighted by molar-refractivity contribution is 6.38. The summed E-state index contributed by atoms with van der Waals surface area (Å²) in [6.45, 7) is 0. The first-order valence-corrected chi connectivity index (χ1v) is 20.2. The molecule has 0 unspecified atom stereocenters. The molecule has 9 aromatic carbocycles. The summed E-state index contributed by atoms with van der Waals surface area (Å²) in [5.41, 5.74) is 11.3. The minimum Gasteiger partial charge on any atom is -0.309 e. The van der Waals surface area contributed by atoms with E-state index >= 15 is 0 Å². The van der Waals surface area contributed by atoms with Crippen LogP contribution in [0.15, 0.2) is 188 Å². The first-order valence-electron chi connectivity index (χ1n) is 20.2. The maximum atomic E-state index is 5.25. The largest absolute Gasteiger partial charge is 0.309 e. The molecule has 0 radical (unpaired) electrons. The molecule has 14 aromatic rings. The van der Waals surface area contributed by atoms with Crippen molar-refractivity contribution < 1.29 is 0 Å². The molecule has 59 heavy (non-hydrogen) atoms. The predicted octanol–water partition coefficient (Wildman–Crippen LogP) is 13.8. The van der Waals surface area contributed by atoms with Gasteiger partial charge in [0, 0.05) is 65.1 Å². The van der Waals surface area contributed by atoms with Gasteiger partial charge >= 0.3 is 0 Å². The molecule has 0 aliphatic carbocycles. The van der Waals surface area contributed by atoms with Crippen molar-refractivity contribution in [3.63, 3.8) is 0 Å². The maximum Gasteiger partial charge on any atom is 0.168 e. The standard InChI is InChI=1S/C54H31N5/c1-2-15-34(16-3-1)57-43-23-11-8-18-36(43)38-28-26-33(30-47(38)57)52-39-20-6-7-21-40(39)54(56-55-52)59-46-29-27-32-14-4-5-17-35(32)49(46)51-48(59)31-42-37-19-9-12-24-44(37)58-45-25-13-10-22-41(45)50(51)53(42)58/h1-31H. The van der Waals surface area contributed by atoms with Crippen molar-refractivity contribution in [1.82, 2.24) is 23.7 Å². The average molecular weight is 750 g/mol. The van der Waals surface area contributed by atoms with Gasteiger partial charge in [-0.3, -0.25) is 4.57 Å². The molecule has 5 heteroatoms. The molecule has 0 saturated heterocycles. The van der Waals surface area contributed by atoms with Crippen LogP contribution in [0.25, 0.3) is 126 Å². The lowest BCUT2D eigenvalue weighted by atomic mass is 9.99. The van der Waals surface area contributed by atoms with Crippen molar-refractivity contribution in [2.75, 3.05) is 0 Å². The second-order valence-corrected chi connectivity index (χ2v) is 15.8. The first-order chi connectivity index (χ1) is 29.3. The lowest BCUT2D eigenvalue weighted by molar-refractivity contribution is 0.977. The van der Waals surface area contributed by atoms with E-state index in [1.165, 1.54) is 75.9 Å². The zero-order chi connectivity index (χ0) is 38.3. The zero-order valence-electron chi connectivity index (χ0n) is 31.6. The van der Waals surface area contributed by atoms with Gasteiger partial charge in [0.15, 0.2) is 5.82 Å². The molecule has 0 N–H and O–H groups in total. The fourth-order valence-electron chi connectivity index (χ4n) is 10.4. The molecule has 0 aliphatic heterocycles. The molecule has 0 fully saturated rings. The van der Waals surface area contributed by atoms with E-state index in [9.17, 15) is 0 Å². The number of hydrogen-bond donors (Lipinski definition) is 0. The molecule has 0 aliphatic rings. The molecule has 14 rings (SSSR count). The summed E-state index contributed by atoms with van der Waals surface area (Å²) in [4.78, 5) is 0. The van der Waals surface area contributed by atoms with Gasteiger partial charge in [-0.15, -0.1) is 10.2 Å². The lowest BCUT2D eigenvalue weighted by Crippen LogP contribution is -2.02. The van der Waals surface area contributed by atoms with Crippen LogP contribution in [0.5, 0.6) is 0 Å². The van der Waals surface area contributed by atoms with Crippen LogP contribution in [0.2, 0.25) is 0 Å². The van der Waals surface area contributed by atoms with Crippen LogP contribution >= 0.6 is 0 Å². The van der Waals surface area contributed by atoms with Gasteiger partial charge in [-0.2, -0.15) is 0 Å². The third kappa shape index (κ3) is 3.98. The van der Waals surface area contributed by atoms with Crippen LogP contribution in [0.1, 0.15) is 0 Å². The highest BCUT2D eigenvalue weighted by atomic mass is 15.2. The second kappa shape index (κ2) is 11.3. The van der Waals surface area contributed by atoms with E-state index in [1.54, 1.807) is 0 Å². The van der Waals surface area contributed by atoms with E-state index in [-0.39, 0.29) is 0 Å². The topological polar surface area (TPSA) is 40.0 Å². The first kappa shape index (κ1) is 31.1. The summed E-state index contributed by atoms with van der Waals surface area (Å²) in [6, 6.07) is 68.1. The van der Waals surface area contributed by atoms with Crippen molar-refractivity contribution in [3.8, 4) is 22.8 Å². The quantitative estimate of drug-likeness (QED) is 0.180. The molecule has 5 nitrogen and oxygen atoms in total. The Hall–Kier alpha value is -8.02. The number of para-hydroxylation sites is 4. The second-order valence-electron chi connectivity index (χ2n) is 15.8. The SMILES string of the molecule is c1ccc(-n2c3ccccc3c3ccc(-c4nnc(-n5c6ccc7ccccc7c6c6c7c8ccccc8n8c9ccccc9c(cc65)c78)c5ccccc45)cc32)cc1. The Labute approximate surface area is 336 Å². The maximum absolute atomic E-state index is 5.25. The van der Waals surface area contributed by atoms with Crippen LogP contribution in [0, 0.1) is 0 Å². The number of aromatic nitrogens is 5. The Kier molecular flexibility index (Phi) is 5.96. The van der Waals surface area contributed by atoms with E-state index in [1.807, 2.05) is 0 Å². The van der Waals surface area contributed by atoms with E-state index < -0.39 is 0 Å². The molecule has 5 heterocycles. The fourth-order valence-corrected chi connectivity index (χ4v) is 10.4. The Morgan fingerprint density at radius 1 is 0.322 bits per heavy atom. The molecule has 272 valence electrons. The minimum atomic E-state index is 0.820. The van der Waals surface area contributed by atoms with Gasteiger partial charge in [-0.1, -0.05) is 140 Å². The fraction of sp³-hybridized carbons (Fsp3) is 0. The van der Waals surface area contributed by atoms with E-state index in [0.717, 1.165) is 50.1 Å². The Bertz CT molecular complexity index is 4070. The third-order valence-electron chi connectivity index (χ3n) is 12.8. The van der Waals surface area contributed by atoms with Gasteiger partial charge in [0.1, 0.15) is 5.69 Å². The Morgan fingerprint density at radius 2 is 0.949 bits per heavy atom. The van der Waals surface area contributed by atoms with Crippen LogP contribution in [-0.4, -0.2) is 23.7 Å². The van der Waals surface area contributed by atoms with E-state index in [4.69, 9.17) is 10.2 Å². The van der Waals surface area contributed by atoms with Crippen LogP contribution in [-0.2, 0) is 0 Å². The minimum absolute atomic E-state index is 0.820. The summed E-state index contributed by atoms with van der Waals surface area (Å²) in [5.74, 6) is 0.820. The van der Waals surface area contributed by atoms with E-state index in [0.29, 0.717) is 0 Å². The summed E-state index contributed by atoms with van der Waals surface area (Å²) >= 11 is 0. The summed E-state index contributed by atoms with van der Waals surface area (Å²) < 4.78 is 7.22. The summed E-state index contributed by atoms with van der Waals surface area (Å²) in [6.07, 6.45) is 0. The number of fused-ring (bicyclic) bond motifs is 16. The molecule has 0 saturated carbocycles. The van der Waals surface area contributed by atoms with Gasteiger partial charge < -0.3 is 8.97 Å². The van der Waals surface area contributed by atoms with Crippen LogP contribution in [0.4, 0.5) is 0 Å². The smallest absolute Gasteiger partial charge is 0.168 e. The molecule has 0 amide bonds. The summed E-state index contributed by atoms with van der Waals surface area (Å²) in [5, 5.41) is 24.9. The Morgan fingerprint density at radius 3 is 1.76 bits per heavy atom. The number of rotatable bonds is 3. The van der Waals surface area contributed by atoms with Gasteiger partial charge in [0.25, 0.3) is 0 Å². The zero-order valence-corrected chi connectivity index (χ0v) is 31.6. The van der Waals surface area contributed by atoms with Crippen LogP contribution in [0.3, 0.4) is 0 Å². The molecule has 0 spiro atoms. The lowest BCUT2D eigenvalue weighted by Gasteiger charge is -2.13. The highest BCUT2D eigenvalue weighted by Gasteiger charge is 2.26. The van der Waals surface area contributed by atoms with Gasteiger partial charge in [-0.25, -0.2) is 0 Å². The molecule has 0 atom stereocenters. The monoisotopic (exact) mass is 749 g/mol. The molecular formula is C54H31N5. The van der Waals surface area contributed by atoms with Crippen molar-refractivity contribution >= 4 is 103 Å².